The summed E-state index contributed by atoms with van der Waals surface area (Å²) < 4.78 is 29.6. The summed E-state index contributed by atoms with van der Waals surface area (Å²) in [6, 6.07) is 0. The number of hydrogen-bond acceptors (Lipinski definition) is 13. The van der Waals surface area contributed by atoms with Gasteiger partial charge in [0.15, 0.2) is 28.7 Å². The van der Waals surface area contributed by atoms with E-state index in [0.29, 0.717) is 0 Å². The van der Waals surface area contributed by atoms with Gasteiger partial charge in [0, 0.05) is 27.0 Å². The fourth-order valence-corrected chi connectivity index (χ4v) is 4.93. The number of rotatable bonds is 9. The summed E-state index contributed by atoms with van der Waals surface area (Å²) in [5.74, 6) is -2.99. The maximum atomic E-state index is 12.9. The third-order valence-corrected chi connectivity index (χ3v) is 6.70. The van der Waals surface area contributed by atoms with E-state index in [1.165, 1.54) is 38.5 Å². The van der Waals surface area contributed by atoms with Crippen molar-refractivity contribution in [2.75, 3.05) is 29.4 Å². The highest BCUT2D eigenvalue weighted by molar-refractivity contribution is 7.98. The number of alkyl halides is 1. The molecular weight excluding hydrogens is 610 g/mol. The Morgan fingerprint density at radius 3 is 2.30 bits per heavy atom. The third-order valence-electron chi connectivity index (χ3n) is 5.91. The van der Waals surface area contributed by atoms with Gasteiger partial charge in [0.25, 0.3) is 0 Å². The number of anilines is 2. The number of esters is 3. The number of nitrogens with zero attached hydrogens (tertiary/aromatic N) is 3. The molecule has 43 heavy (non-hydrogen) atoms. The topological polar surface area (TPSA) is 186 Å². The predicted molar refractivity (Wildman–Crippen MR) is 155 cm³/mol. The van der Waals surface area contributed by atoms with Crippen LogP contribution < -0.4 is 10.6 Å². The molecule has 1 aliphatic heterocycles. The van der Waals surface area contributed by atoms with Gasteiger partial charge < -0.3 is 29.0 Å². The molecule has 1 aliphatic rings. The number of amides is 2. The predicted octanol–water partition coefficient (Wildman–Crippen LogP) is 3.39. The molecule has 15 nitrogen and oxygen atoms in total. The van der Waals surface area contributed by atoms with E-state index >= 15 is 0 Å². The minimum Gasteiger partial charge on any atom is -0.463 e. The number of thioether (sulfide) groups is 1. The molecule has 0 saturated carbocycles. The molecule has 0 aromatic carbocycles. The maximum Gasteiger partial charge on any atom is 0.412 e. The molecule has 1 fully saturated rings. The molecule has 1 saturated heterocycles. The van der Waals surface area contributed by atoms with Gasteiger partial charge in [0.2, 0.25) is 5.91 Å². The van der Waals surface area contributed by atoms with Crippen molar-refractivity contribution in [1.29, 1.82) is 0 Å². The molecule has 236 valence electrons. The highest BCUT2D eigenvalue weighted by atomic mass is 35.5. The number of aromatic nitrogens is 3. The number of nitrogens with one attached hydrogen (secondary N) is 2. The molecule has 2 aromatic heterocycles. The second-order valence-corrected chi connectivity index (χ2v) is 11.7. The lowest BCUT2D eigenvalue weighted by Gasteiger charge is -2.34. The number of halogens is 1. The van der Waals surface area contributed by atoms with Crippen LogP contribution in [-0.2, 0) is 42.9 Å². The molecule has 3 heterocycles. The highest BCUT2D eigenvalue weighted by Crippen LogP contribution is 2.46. The summed E-state index contributed by atoms with van der Waals surface area (Å²) >= 11 is 6.90. The second kappa shape index (κ2) is 13.3. The van der Waals surface area contributed by atoms with E-state index in [2.05, 4.69) is 20.6 Å². The van der Waals surface area contributed by atoms with Gasteiger partial charge in [0.1, 0.15) is 30.0 Å². The molecule has 0 bridgehead atoms. The summed E-state index contributed by atoms with van der Waals surface area (Å²) in [6.07, 6.45) is -1.28. The Kier molecular flexibility index (Phi) is 10.5. The van der Waals surface area contributed by atoms with Crippen LogP contribution in [0.1, 0.15) is 54.7 Å². The molecule has 0 spiro atoms. The van der Waals surface area contributed by atoms with Gasteiger partial charge in [-0.2, -0.15) is 0 Å². The fourth-order valence-electron chi connectivity index (χ4n) is 4.50. The van der Waals surface area contributed by atoms with Crippen molar-refractivity contribution in [3.8, 4) is 0 Å². The Morgan fingerprint density at radius 2 is 1.77 bits per heavy atom. The molecule has 3 rings (SSSR count). The molecular formula is C26H34ClN5O10S. The van der Waals surface area contributed by atoms with Crippen LogP contribution in [-0.4, -0.2) is 86.6 Å². The number of hydrogen-bond donors (Lipinski definition) is 2. The van der Waals surface area contributed by atoms with E-state index in [-0.39, 0.29) is 40.2 Å². The minimum absolute atomic E-state index is 0.0185. The third kappa shape index (κ3) is 8.06. The zero-order chi connectivity index (χ0) is 32.3. The zero-order valence-electron chi connectivity index (χ0n) is 24.9. The van der Waals surface area contributed by atoms with Gasteiger partial charge in [-0.05, 0) is 34.0 Å². The normalized spacial score (nSPS) is 21.7. The summed E-state index contributed by atoms with van der Waals surface area (Å²) in [6.45, 7) is 9.74. The SMILES string of the molecule is CSc1nc(NC(=O)CCl)c2c(NC(=O)OC(C)(C)C)cn(C3O[C@H](COC(C)=O)[C@@H](OC(C)=O)[C@@]3(C)OC(C)=O)c2n1. The van der Waals surface area contributed by atoms with Crippen LogP contribution in [0.15, 0.2) is 11.4 Å². The first-order valence-electron chi connectivity index (χ1n) is 13.0. The van der Waals surface area contributed by atoms with Gasteiger partial charge in [-0.3, -0.25) is 29.1 Å². The number of carbonyl (C=O) groups is 5. The molecule has 2 amide bonds. The average Bonchev–Trinajstić information content (AvgIpc) is 3.35. The van der Waals surface area contributed by atoms with Crippen molar-refractivity contribution in [2.24, 2.45) is 0 Å². The van der Waals surface area contributed by atoms with E-state index in [1.807, 2.05) is 0 Å². The van der Waals surface area contributed by atoms with E-state index in [9.17, 15) is 24.0 Å². The molecule has 0 radical (unpaired) electrons. The summed E-state index contributed by atoms with van der Waals surface area (Å²) in [5, 5.41) is 5.65. The maximum absolute atomic E-state index is 12.9. The quantitative estimate of drug-likeness (QED) is 0.133. The Bertz CT molecular complexity index is 1430. The molecule has 17 heteroatoms. The highest BCUT2D eigenvalue weighted by Gasteiger charge is 2.60. The lowest BCUT2D eigenvalue weighted by molar-refractivity contribution is -0.184. The lowest BCUT2D eigenvalue weighted by Crippen LogP contribution is -2.50. The van der Waals surface area contributed by atoms with Gasteiger partial charge in [0.05, 0.1) is 11.1 Å². The van der Waals surface area contributed by atoms with Crippen LogP contribution >= 0.6 is 23.4 Å². The molecule has 2 N–H and O–H groups in total. The molecule has 0 aliphatic carbocycles. The van der Waals surface area contributed by atoms with E-state index in [1.54, 1.807) is 27.0 Å². The van der Waals surface area contributed by atoms with E-state index < -0.39 is 59.5 Å². The monoisotopic (exact) mass is 643 g/mol. The first kappa shape index (κ1) is 33.9. The zero-order valence-corrected chi connectivity index (χ0v) is 26.5. The van der Waals surface area contributed by atoms with Crippen molar-refractivity contribution >= 4 is 75.8 Å². The summed E-state index contributed by atoms with van der Waals surface area (Å²) in [7, 11) is 0. The first-order chi connectivity index (χ1) is 20.0. The Labute approximate surface area is 256 Å². The van der Waals surface area contributed by atoms with Gasteiger partial charge in [-0.15, -0.1) is 11.6 Å². The molecule has 2 aromatic rings. The summed E-state index contributed by atoms with van der Waals surface area (Å²) in [4.78, 5) is 70.3. The van der Waals surface area contributed by atoms with Crippen LogP contribution in [0.2, 0.25) is 0 Å². The van der Waals surface area contributed by atoms with Gasteiger partial charge in [-0.25, -0.2) is 14.8 Å². The van der Waals surface area contributed by atoms with E-state index in [4.69, 9.17) is 35.3 Å². The standard InChI is InChI=1S/C26H34ClN5O10S/c1-12(33)38-11-16-19(39-13(2)34)26(7,41-14(3)35)22(40-16)32-10-15(28-24(37)42-25(4,5)6)18-20(29-17(36)9-27)30-23(43-8)31-21(18)32/h10,16,19,22H,9,11H2,1-8H3,(H,28,37)(H,29,30,31,36)/t16-,19-,22?,26-/m1/s1. The van der Waals surface area contributed by atoms with Crippen LogP contribution in [0.25, 0.3) is 11.0 Å². The smallest absolute Gasteiger partial charge is 0.412 e. The van der Waals surface area contributed by atoms with Crippen LogP contribution in [0.5, 0.6) is 0 Å². The lowest BCUT2D eigenvalue weighted by atomic mass is 9.95. The van der Waals surface area contributed by atoms with Crippen LogP contribution in [0, 0.1) is 0 Å². The number of ether oxygens (including phenoxy) is 5. The van der Waals surface area contributed by atoms with E-state index in [0.717, 1.165) is 11.8 Å². The second-order valence-electron chi connectivity index (χ2n) is 10.7. The number of fused-ring (bicyclic) bond motifs is 1. The largest absolute Gasteiger partial charge is 0.463 e. The Hall–Kier alpha value is -3.63. The summed E-state index contributed by atoms with van der Waals surface area (Å²) in [5.41, 5.74) is -2.32. The first-order valence-corrected chi connectivity index (χ1v) is 14.7. The molecule has 1 unspecified atom stereocenters. The van der Waals surface area contributed by atoms with Crippen molar-refractivity contribution < 1.29 is 47.7 Å². The Balaban J connectivity index is 2.31. The number of carbonyl (C=O) groups excluding carboxylic acids is 5. The van der Waals surface area contributed by atoms with Crippen molar-refractivity contribution in [2.45, 2.75) is 83.3 Å². The van der Waals surface area contributed by atoms with Crippen LogP contribution in [0.4, 0.5) is 16.3 Å². The average molecular weight is 644 g/mol. The van der Waals surface area contributed by atoms with Gasteiger partial charge in [-0.1, -0.05) is 11.8 Å². The fraction of sp³-hybridized carbons (Fsp3) is 0.577. The van der Waals surface area contributed by atoms with Gasteiger partial charge >= 0.3 is 24.0 Å². The van der Waals surface area contributed by atoms with Crippen molar-refractivity contribution in [3.05, 3.63) is 6.20 Å². The Morgan fingerprint density at radius 1 is 1.09 bits per heavy atom. The van der Waals surface area contributed by atoms with Crippen molar-refractivity contribution in [3.63, 3.8) is 0 Å². The molecule has 4 atom stereocenters. The minimum atomic E-state index is -1.71. The van der Waals surface area contributed by atoms with Crippen molar-refractivity contribution in [1.82, 2.24) is 14.5 Å². The van der Waals surface area contributed by atoms with Crippen LogP contribution in [0.3, 0.4) is 0 Å².